The highest BCUT2D eigenvalue weighted by molar-refractivity contribution is 5.78. The van der Waals surface area contributed by atoms with Gasteiger partial charge in [-0.1, -0.05) is 0 Å². The highest BCUT2D eigenvalue weighted by Gasteiger charge is 2.26. The van der Waals surface area contributed by atoms with E-state index in [-0.39, 0.29) is 30.8 Å². The van der Waals surface area contributed by atoms with Crippen LogP contribution in [-0.4, -0.2) is 54.6 Å². The van der Waals surface area contributed by atoms with Crippen molar-refractivity contribution in [2.24, 2.45) is 5.92 Å². The minimum Gasteiger partial charge on any atom is -0.481 e. The lowest BCUT2D eigenvalue weighted by molar-refractivity contribution is -0.143. The molecule has 18 heavy (non-hydrogen) atoms. The SMILES string of the molecule is CNC(=O)CCNC(=O)N1CCC(C(=O)O)CC1. The number of nitrogens with zero attached hydrogens (tertiary/aromatic N) is 1. The maximum absolute atomic E-state index is 11.7. The molecule has 0 aromatic carbocycles. The lowest BCUT2D eigenvalue weighted by Gasteiger charge is -2.30. The van der Waals surface area contributed by atoms with Crippen LogP contribution in [0.4, 0.5) is 4.79 Å². The molecule has 1 aliphatic rings. The van der Waals surface area contributed by atoms with Crippen LogP contribution in [0.5, 0.6) is 0 Å². The van der Waals surface area contributed by atoms with E-state index in [9.17, 15) is 14.4 Å². The predicted molar refractivity (Wildman–Crippen MR) is 64.0 cm³/mol. The molecule has 1 saturated heterocycles. The zero-order valence-electron chi connectivity index (χ0n) is 10.4. The highest BCUT2D eigenvalue weighted by atomic mass is 16.4. The Balaban J connectivity index is 2.24. The van der Waals surface area contributed by atoms with Gasteiger partial charge in [0.25, 0.3) is 0 Å². The van der Waals surface area contributed by atoms with Gasteiger partial charge in [0.1, 0.15) is 0 Å². The molecule has 0 aromatic rings. The minimum atomic E-state index is -0.797. The molecule has 7 heteroatoms. The normalized spacial score (nSPS) is 16.2. The second kappa shape index (κ2) is 6.83. The predicted octanol–water partition coefficient (Wildman–Crippen LogP) is -0.371. The molecule has 0 bridgehead atoms. The number of aliphatic carboxylic acids is 1. The van der Waals surface area contributed by atoms with Crippen molar-refractivity contribution < 1.29 is 19.5 Å². The lowest BCUT2D eigenvalue weighted by atomic mass is 9.97. The van der Waals surface area contributed by atoms with Gasteiger partial charge in [0.15, 0.2) is 0 Å². The molecule has 3 N–H and O–H groups in total. The van der Waals surface area contributed by atoms with E-state index >= 15 is 0 Å². The van der Waals surface area contributed by atoms with Gasteiger partial charge < -0.3 is 20.6 Å². The first-order valence-electron chi connectivity index (χ1n) is 6.00. The van der Waals surface area contributed by atoms with E-state index in [1.807, 2.05) is 0 Å². The van der Waals surface area contributed by atoms with Crippen LogP contribution in [0.25, 0.3) is 0 Å². The first kappa shape index (κ1) is 14.3. The topological polar surface area (TPSA) is 98.7 Å². The summed E-state index contributed by atoms with van der Waals surface area (Å²) < 4.78 is 0. The first-order chi connectivity index (χ1) is 8.54. The van der Waals surface area contributed by atoms with Gasteiger partial charge in [-0.05, 0) is 12.8 Å². The number of hydrogen-bond donors (Lipinski definition) is 3. The second-order valence-corrected chi connectivity index (χ2v) is 4.25. The number of likely N-dealkylation sites (tertiary alicyclic amines) is 1. The van der Waals surface area contributed by atoms with E-state index in [0.717, 1.165) is 0 Å². The average molecular weight is 257 g/mol. The Labute approximate surface area is 106 Å². The Kier molecular flexibility index (Phi) is 5.41. The third kappa shape index (κ3) is 4.23. The van der Waals surface area contributed by atoms with E-state index in [1.54, 1.807) is 11.9 Å². The summed E-state index contributed by atoms with van der Waals surface area (Å²) in [5.74, 6) is -1.27. The largest absolute Gasteiger partial charge is 0.481 e. The van der Waals surface area contributed by atoms with Gasteiger partial charge >= 0.3 is 12.0 Å². The van der Waals surface area contributed by atoms with Crippen LogP contribution in [-0.2, 0) is 9.59 Å². The van der Waals surface area contributed by atoms with Gasteiger partial charge in [0, 0.05) is 33.1 Å². The average Bonchev–Trinajstić information content (AvgIpc) is 2.38. The number of carbonyl (C=O) groups is 3. The molecule has 0 aromatic heterocycles. The summed E-state index contributed by atoms with van der Waals surface area (Å²) in [6.45, 7) is 1.18. The Bertz CT molecular complexity index is 324. The van der Waals surface area contributed by atoms with Crippen LogP contribution >= 0.6 is 0 Å². The third-order valence-electron chi connectivity index (χ3n) is 3.04. The second-order valence-electron chi connectivity index (χ2n) is 4.25. The summed E-state index contributed by atoms with van der Waals surface area (Å²) >= 11 is 0. The number of nitrogens with one attached hydrogen (secondary N) is 2. The molecule has 0 aliphatic carbocycles. The van der Waals surface area contributed by atoms with Crippen molar-refractivity contribution in [1.29, 1.82) is 0 Å². The number of urea groups is 1. The molecule has 1 rings (SSSR count). The molecular weight excluding hydrogens is 238 g/mol. The maximum atomic E-state index is 11.7. The number of carbonyl (C=O) groups excluding carboxylic acids is 2. The fourth-order valence-corrected chi connectivity index (χ4v) is 1.85. The number of carboxylic acids is 1. The van der Waals surface area contributed by atoms with Crippen molar-refractivity contribution >= 4 is 17.9 Å². The molecule has 0 saturated carbocycles. The number of piperidine rings is 1. The summed E-state index contributed by atoms with van der Waals surface area (Å²) in [6, 6.07) is -0.234. The summed E-state index contributed by atoms with van der Waals surface area (Å²) in [7, 11) is 1.54. The molecule has 3 amide bonds. The number of rotatable bonds is 4. The summed E-state index contributed by atoms with van der Waals surface area (Å²) in [5.41, 5.74) is 0. The van der Waals surface area contributed by atoms with E-state index < -0.39 is 5.97 Å². The van der Waals surface area contributed by atoms with Crippen LogP contribution in [0.15, 0.2) is 0 Å². The number of carboxylic acid groups (broad SMARTS) is 1. The molecule has 1 heterocycles. The molecule has 0 radical (unpaired) electrons. The standard InChI is InChI=1S/C11H19N3O4/c1-12-9(15)2-5-13-11(18)14-6-3-8(4-7-14)10(16)17/h8H,2-7H2,1H3,(H,12,15)(H,13,18)(H,16,17). The molecule has 1 aliphatic heterocycles. The van der Waals surface area contributed by atoms with Gasteiger partial charge in [0.05, 0.1) is 5.92 Å². The van der Waals surface area contributed by atoms with Gasteiger partial charge in [-0.15, -0.1) is 0 Å². The van der Waals surface area contributed by atoms with Gasteiger partial charge in [0.2, 0.25) is 5.91 Å². The monoisotopic (exact) mass is 257 g/mol. The van der Waals surface area contributed by atoms with Crippen LogP contribution in [0.3, 0.4) is 0 Å². The molecule has 102 valence electrons. The van der Waals surface area contributed by atoms with Gasteiger partial charge in [-0.25, -0.2) is 4.79 Å². The number of amides is 3. The van der Waals surface area contributed by atoms with E-state index in [0.29, 0.717) is 25.9 Å². The van der Waals surface area contributed by atoms with E-state index in [1.165, 1.54) is 0 Å². The Morgan fingerprint density at radius 2 is 1.89 bits per heavy atom. The van der Waals surface area contributed by atoms with Gasteiger partial charge in [-0.3, -0.25) is 9.59 Å². The Morgan fingerprint density at radius 3 is 2.39 bits per heavy atom. The smallest absolute Gasteiger partial charge is 0.317 e. The van der Waals surface area contributed by atoms with Crippen molar-refractivity contribution in [2.45, 2.75) is 19.3 Å². The maximum Gasteiger partial charge on any atom is 0.317 e. The molecule has 0 atom stereocenters. The number of hydrogen-bond acceptors (Lipinski definition) is 3. The van der Waals surface area contributed by atoms with Crippen LogP contribution in [0.1, 0.15) is 19.3 Å². The van der Waals surface area contributed by atoms with Gasteiger partial charge in [-0.2, -0.15) is 0 Å². The van der Waals surface area contributed by atoms with Crippen molar-refractivity contribution in [3.05, 3.63) is 0 Å². The fourth-order valence-electron chi connectivity index (χ4n) is 1.85. The summed E-state index contributed by atoms with van der Waals surface area (Å²) in [6.07, 6.45) is 1.21. The van der Waals surface area contributed by atoms with Crippen LogP contribution < -0.4 is 10.6 Å². The Hall–Kier alpha value is -1.79. The summed E-state index contributed by atoms with van der Waals surface area (Å²) in [4.78, 5) is 35.0. The zero-order chi connectivity index (χ0) is 13.5. The van der Waals surface area contributed by atoms with Crippen molar-refractivity contribution in [1.82, 2.24) is 15.5 Å². The van der Waals surface area contributed by atoms with Crippen LogP contribution in [0, 0.1) is 5.92 Å². The molecular formula is C11H19N3O4. The fraction of sp³-hybridized carbons (Fsp3) is 0.727. The first-order valence-corrected chi connectivity index (χ1v) is 6.00. The van der Waals surface area contributed by atoms with Crippen molar-refractivity contribution in [3.8, 4) is 0 Å². The Morgan fingerprint density at radius 1 is 1.28 bits per heavy atom. The quantitative estimate of drug-likeness (QED) is 0.640. The third-order valence-corrected chi connectivity index (χ3v) is 3.04. The van der Waals surface area contributed by atoms with E-state index in [4.69, 9.17) is 5.11 Å². The van der Waals surface area contributed by atoms with Crippen molar-refractivity contribution in [3.63, 3.8) is 0 Å². The molecule has 1 fully saturated rings. The highest BCUT2D eigenvalue weighted by Crippen LogP contribution is 2.16. The molecule has 0 spiro atoms. The minimum absolute atomic E-state index is 0.125. The van der Waals surface area contributed by atoms with E-state index in [2.05, 4.69) is 10.6 Å². The van der Waals surface area contributed by atoms with Crippen molar-refractivity contribution in [2.75, 3.05) is 26.7 Å². The molecule has 0 unspecified atom stereocenters. The van der Waals surface area contributed by atoms with Crippen LogP contribution in [0.2, 0.25) is 0 Å². The molecule has 7 nitrogen and oxygen atoms in total. The lowest BCUT2D eigenvalue weighted by Crippen LogP contribution is -2.46. The summed E-state index contributed by atoms with van der Waals surface area (Å²) in [5, 5.41) is 13.9. The zero-order valence-corrected chi connectivity index (χ0v) is 10.4.